The second-order valence-corrected chi connectivity index (χ2v) is 5.77. The SMILES string of the molecule is O=S([O-])N(CP(=O)(O)O)c1cccs1. The molecule has 1 heterocycles. The molecule has 1 aromatic rings. The van der Waals surface area contributed by atoms with Crippen LogP contribution in [-0.2, 0) is 15.8 Å². The number of rotatable bonds is 4. The van der Waals surface area contributed by atoms with Gasteiger partial charge in [-0.1, -0.05) is 0 Å². The maximum absolute atomic E-state index is 10.7. The summed E-state index contributed by atoms with van der Waals surface area (Å²) in [5.41, 5.74) is 0. The first kappa shape index (κ1) is 11.8. The smallest absolute Gasteiger partial charge is 0.345 e. The van der Waals surface area contributed by atoms with Gasteiger partial charge in [0.2, 0.25) is 0 Å². The maximum Gasteiger partial charge on any atom is 0.345 e. The highest BCUT2D eigenvalue weighted by Crippen LogP contribution is 2.38. The van der Waals surface area contributed by atoms with E-state index in [-0.39, 0.29) is 5.00 Å². The van der Waals surface area contributed by atoms with E-state index < -0.39 is 25.1 Å². The minimum Gasteiger partial charge on any atom is -0.755 e. The van der Waals surface area contributed by atoms with Crippen LogP contribution in [0.1, 0.15) is 0 Å². The normalized spacial score (nSPS) is 13.9. The third kappa shape index (κ3) is 3.49. The van der Waals surface area contributed by atoms with E-state index in [4.69, 9.17) is 9.79 Å². The molecule has 0 radical (unpaired) electrons. The van der Waals surface area contributed by atoms with Crippen LogP contribution in [0, 0.1) is 0 Å². The molecule has 0 saturated carbocycles. The molecule has 0 aromatic carbocycles. The van der Waals surface area contributed by atoms with Crippen LogP contribution >= 0.6 is 18.9 Å². The first-order chi connectivity index (χ1) is 6.40. The Balaban J connectivity index is 2.87. The van der Waals surface area contributed by atoms with Crippen LogP contribution in [0.2, 0.25) is 0 Å². The zero-order chi connectivity index (χ0) is 10.8. The standard InChI is InChI=1S/C5H8NO5PS2/c7-12(8,9)4-6(14(10)11)5-2-1-3-13-5/h1-3H,4H2,(H,10,11)(H2,7,8,9)/p-1. The molecule has 9 heteroatoms. The molecule has 14 heavy (non-hydrogen) atoms. The van der Waals surface area contributed by atoms with E-state index >= 15 is 0 Å². The van der Waals surface area contributed by atoms with E-state index in [0.717, 1.165) is 11.3 Å². The fraction of sp³-hybridized carbons (Fsp3) is 0.200. The quantitative estimate of drug-likeness (QED) is 0.603. The summed E-state index contributed by atoms with van der Waals surface area (Å²) in [7, 11) is -4.38. The number of thiophene rings is 1. The summed E-state index contributed by atoms with van der Waals surface area (Å²) < 4.78 is 32.6. The number of hydrogen-bond acceptors (Lipinski definition) is 4. The molecule has 0 saturated heterocycles. The Kier molecular flexibility index (Phi) is 3.82. The van der Waals surface area contributed by atoms with Crippen LogP contribution in [0.15, 0.2) is 17.5 Å². The lowest BCUT2D eigenvalue weighted by molar-refractivity contribution is 0.373. The molecule has 0 bridgehead atoms. The van der Waals surface area contributed by atoms with Crippen LogP contribution in [0.3, 0.4) is 0 Å². The average Bonchev–Trinajstić information content (AvgIpc) is 2.49. The van der Waals surface area contributed by atoms with Gasteiger partial charge in [-0.05, 0) is 17.5 Å². The summed E-state index contributed by atoms with van der Waals surface area (Å²) in [5.74, 6) is 0. The molecular formula is C5H7NO5PS2-. The Morgan fingerprint density at radius 1 is 1.64 bits per heavy atom. The fourth-order valence-electron chi connectivity index (χ4n) is 0.769. The van der Waals surface area contributed by atoms with Gasteiger partial charge in [0.25, 0.3) is 0 Å². The summed E-state index contributed by atoms with van der Waals surface area (Å²) in [6.45, 7) is 0. The van der Waals surface area contributed by atoms with Crippen molar-refractivity contribution >= 4 is 35.2 Å². The second kappa shape index (κ2) is 4.52. The van der Waals surface area contributed by atoms with E-state index in [1.54, 1.807) is 11.4 Å². The molecule has 1 aromatic heterocycles. The van der Waals surface area contributed by atoms with Crippen molar-refractivity contribution in [1.29, 1.82) is 0 Å². The Bertz CT molecular complexity index is 360. The lowest BCUT2D eigenvalue weighted by atomic mass is 10.6. The number of hydrogen-bond donors (Lipinski definition) is 2. The third-order valence-corrected chi connectivity index (χ3v) is 3.78. The molecule has 1 atom stereocenters. The second-order valence-electron chi connectivity index (χ2n) is 2.35. The van der Waals surface area contributed by atoms with Crippen molar-refractivity contribution in [2.24, 2.45) is 0 Å². The van der Waals surface area contributed by atoms with E-state index in [2.05, 4.69) is 0 Å². The lowest BCUT2D eigenvalue weighted by Gasteiger charge is -2.24. The van der Waals surface area contributed by atoms with Crippen LogP contribution in [0.4, 0.5) is 5.00 Å². The van der Waals surface area contributed by atoms with Crippen LogP contribution in [0.5, 0.6) is 0 Å². The van der Waals surface area contributed by atoms with Crippen molar-refractivity contribution in [3.05, 3.63) is 17.5 Å². The van der Waals surface area contributed by atoms with Crippen molar-refractivity contribution in [3.8, 4) is 0 Å². The lowest BCUT2D eigenvalue weighted by Crippen LogP contribution is -2.25. The molecule has 0 spiro atoms. The average molecular weight is 256 g/mol. The molecule has 1 unspecified atom stereocenters. The molecule has 0 fully saturated rings. The van der Waals surface area contributed by atoms with Gasteiger partial charge in [-0.3, -0.25) is 13.1 Å². The minimum atomic E-state index is -4.38. The van der Waals surface area contributed by atoms with Gasteiger partial charge in [0.05, 0.1) is 0 Å². The molecule has 1 rings (SSSR count). The summed E-state index contributed by atoms with van der Waals surface area (Å²) in [5, 5.41) is 1.90. The largest absolute Gasteiger partial charge is 0.755 e. The highest BCUT2D eigenvalue weighted by molar-refractivity contribution is 7.81. The molecular weight excluding hydrogens is 249 g/mol. The molecule has 0 aliphatic rings. The summed E-state index contributed by atoms with van der Waals surface area (Å²) in [6.07, 6.45) is -0.830. The van der Waals surface area contributed by atoms with Gasteiger partial charge < -0.3 is 14.3 Å². The third-order valence-electron chi connectivity index (χ3n) is 1.24. The topological polar surface area (TPSA) is 101 Å². The Morgan fingerprint density at radius 3 is 2.64 bits per heavy atom. The van der Waals surface area contributed by atoms with Crippen molar-refractivity contribution in [3.63, 3.8) is 0 Å². The van der Waals surface area contributed by atoms with E-state index in [1.807, 2.05) is 0 Å². The predicted octanol–water partition coefficient (Wildman–Crippen LogP) is 0.484. The first-order valence-corrected chi connectivity index (χ1v) is 7.06. The monoisotopic (exact) mass is 256 g/mol. The maximum atomic E-state index is 10.7. The zero-order valence-corrected chi connectivity index (χ0v) is 9.30. The summed E-state index contributed by atoms with van der Waals surface area (Å²) in [4.78, 5) is 17.3. The van der Waals surface area contributed by atoms with Crippen molar-refractivity contribution in [2.45, 2.75) is 0 Å². The van der Waals surface area contributed by atoms with E-state index in [0.29, 0.717) is 4.31 Å². The Hall–Kier alpha value is -0.240. The van der Waals surface area contributed by atoms with Gasteiger partial charge in [-0.15, -0.1) is 11.3 Å². The summed E-state index contributed by atoms with van der Waals surface area (Å²) >= 11 is -1.59. The van der Waals surface area contributed by atoms with Crippen molar-refractivity contribution < 1.29 is 23.1 Å². The van der Waals surface area contributed by atoms with Gasteiger partial charge >= 0.3 is 7.60 Å². The molecule has 2 N–H and O–H groups in total. The molecule has 80 valence electrons. The number of anilines is 1. The van der Waals surface area contributed by atoms with Crippen molar-refractivity contribution in [1.82, 2.24) is 0 Å². The molecule has 0 amide bonds. The van der Waals surface area contributed by atoms with Crippen molar-refractivity contribution in [2.75, 3.05) is 10.6 Å². The minimum absolute atomic E-state index is 0.279. The molecule has 0 aliphatic heterocycles. The van der Waals surface area contributed by atoms with Crippen LogP contribution < -0.4 is 4.31 Å². The van der Waals surface area contributed by atoms with E-state index in [9.17, 15) is 13.3 Å². The highest BCUT2D eigenvalue weighted by Gasteiger charge is 2.20. The Labute approximate surface area is 86.8 Å². The predicted molar refractivity (Wildman–Crippen MR) is 52.6 cm³/mol. The van der Waals surface area contributed by atoms with Crippen LogP contribution in [0.25, 0.3) is 0 Å². The first-order valence-electron chi connectivity index (χ1n) is 3.35. The highest BCUT2D eigenvalue weighted by atomic mass is 32.2. The van der Waals surface area contributed by atoms with Gasteiger partial charge in [0.15, 0.2) is 0 Å². The Morgan fingerprint density at radius 2 is 2.29 bits per heavy atom. The van der Waals surface area contributed by atoms with Gasteiger partial charge in [-0.25, -0.2) is 0 Å². The number of nitrogens with zero attached hydrogens (tertiary/aromatic N) is 1. The fourth-order valence-corrected chi connectivity index (χ4v) is 3.34. The molecule has 0 aliphatic carbocycles. The van der Waals surface area contributed by atoms with Gasteiger partial charge in [0, 0.05) is 11.3 Å². The van der Waals surface area contributed by atoms with Crippen LogP contribution in [-0.4, -0.2) is 24.8 Å². The van der Waals surface area contributed by atoms with E-state index in [1.165, 1.54) is 6.07 Å². The summed E-state index contributed by atoms with van der Waals surface area (Å²) in [6, 6.07) is 3.07. The molecule has 6 nitrogen and oxygen atoms in total. The van der Waals surface area contributed by atoms with Gasteiger partial charge in [-0.2, -0.15) is 0 Å². The zero-order valence-electron chi connectivity index (χ0n) is 6.77. The van der Waals surface area contributed by atoms with Gasteiger partial charge in [0.1, 0.15) is 11.3 Å².